The van der Waals surface area contributed by atoms with Crippen molar-refractivity contribution < 1.29 is 5.11 Å². The second-order valence-corrected chi connectivity index (χ2v) is 2.49. The van der Waals surface area contributed by atoms with Gasteiger partial charge in [-0.3, -0.25) is 9.78 Å². The second kappa shape index (κ2) is 2.51. The predicted molar refractivity (Wildman–Crippen MR) is 39.0 cm³/mol. The number of aliphatic hydroxyl groups is 1. The van der Waals surface area contributed by atoms with Gasteiger partial charge in [0.05, 0.1) is 0 Å². The first kappa shape index (κ1) is 7.43. The first-order chi connectivity index (χ1) is 4.61. The van der Waals surface area contributed by atoms with Crippen molar-refractivity contribution in [3.63, 3.8) is 0 Å². The van der Waals surface area contributed by atoms with Crippen molar-refractivity contribution in [2.75, 3.05) is 0 Å². The number of aliphatic hydroxyl groups excluding tert-OH is 1. The molecule has 1 atom stereocenters. The minimum atomic E-state index is -0.581. The highest BCUT2D eigenvalue weighted by Crippen LogP contribution is 2.03. The molecular weight excluding hydrogens is 150 g/mol. The molecule has 0 fully saturated rings. The number of hydrogen-bond donors (Lipinski definition) is 2. The maximum Gasteiger partial charge on any atom is 0.215 e. The van der Waals surface area contributed by atoms with Gasteiger partial charge in [-0.15, -0.1) is 0 Å². The van der Waals surface area contributed by atoms with Crippen LogP contribution in [0, 0.1) is 4.77 Å². The maximum atomic E-state index is 9.01. The van der Waals surface area contributed by atoms with Crippen LogP contribution in [0.5, 0.6) is 0 Å². The van der Waals surface area contributed by atoms with Crippen molar-refractivity contribution in [1.29, 1.82) is 0 Å². The van der Waals surface area contributed by atoms with Crippen molar-refractivity contribution in [1.82, 2.24) is 14.8 Å². The SMILES string of the molecule is CC(O)c1nc(=S)n(C)[nH]1. The van der Waals surface area contributed by atoms with E-state index in [9.17, 15) is 0 Å². The third-order valence-corrected chi connectivity index (χ3v) is 1.55. The molecular formula is C5H9N3OS. The Kier molecular flexibility index (Phi) is 1.87. The molecule has 0 radical (unpaired) electrons. The Morgan fingerprint density at radius 2 is 2.40 bits per heavy atom. The van der Waals surface area contributed by atoms with Crippen LogP contribution in [0.3, 0.4) is 0 Å². The number of rotatable bonds is 1. The number of nitrogens with one attached hydrogen (secondary N) is 1. The van der Waals surface area contributed by atoms with Crippen molar-refractivity contribution in [3.8, 4) is 0 Å². The summed E-state index contributed by atoms with van der Waals surface area (Å²) in [5.41, 5.74) is 0. The lowest BCUT2D eigenvalue weighted by Crippen LogP contribution is -1.95. The van der Waals surface area contributed by atoms with Gasteiger partial charge < -0.3 is 5.11 Å². The Labute approximate surface area is 63.5 Å². The molecule has 1 aromatic rings. The van der Waals surface area contributed by atoms with Crippen LogP contribution >= 0.6 is 12.2 Å². The molecule has 0 bridgehead atoms. The minimum Gasteiger partial charge on any atom is -0.385 e. The number of aryl methyl sites for hydroxylation is 1. The first-order valence-electron chi connectivity index (χ1n) is 2.92. The summed E-state index contributed by atoms with van der Waals surface area (Å²) in [5, 5.41) is 11.8. The highest BCUT2D eigenvalue weighted by Gasteiger charge is 2.03. The zero-order chi connectivity index (χ0) is 7.72. The van der Waals surface area contributed by atoms with Crippen LogP contribution in [-0.4, -0.2) is 19.9 Å². The number of aromatic nitrogens is 3. The van der Waals surface area contributed by atoms with Crippen molar-refractivity contribution in [2.24, 2.45) is 7.05 Å². The van der Waals surface area contributed by atoms with Crippen LogP contribution < -0.4 is 0 Å². The smallest absolute Gasteiger partial charge is 0.215 e. The average Bonchev–Trinajstić information content (AvgIpc) is 2.13. The van der Waals surface area contributed by atoms with E-state index in [2.05, 4.69) is 10.1 Å². The summed E-state index contributed by atoms with van der Waals surface area (Å²) in [6.07, 6.45) is -0.581. The molecule has 0 saturated heterocycles. The van der Waals surface area contributed by atoms with Gasteiger partial charge in [0, 0.05) is 7.05 Å². The third kappa shape index (κ3) is 1.25. The summed E-state index contributed by atoms with van der Waals surface area (Å²) >= 11 is 4.80. The van der Waals surface area contributed by atoms with E-state index in [4.69, 9.17) is 17.3 Å². The van der Waals surface area contributed by atoms with Gasteiger partial charge in [-0.05, 0) is 19.1 Å². The molecule has 0 spiro atoms. The van der Waals surface area contributed by atoms with Gasteiger partial charge in [-0.2, -0.15) is 0 Å². The van der Waals surface area contributed by atoms with Crippen LogP contribution in [0.2, 0.25) is 0 Å². The Hall–Kier alpha value is -0.680. The summed E-state index contributed by atoms with van der Waals surface area (Å²) in [6, 6.07) is 0. The van der Waals surface area contributed by atoms with E-state index in [1.165, 1.54) is 0 Å². The summed E-state index contributed by atoms with van der Waals surface area (Å²) in [6.45, 7) is 1.63. The zero-order valence-electron chi connectivity index (χ0n) is 5.83. The highest BCUT2D eigenvalue weighted by molar-refractivity contribution is 7.71. The van der Waals surface area contributed by atoms with E-state index in [1.807, 2.05) is 0 Å². The Morgan fingerprint density at radius 3 is 2.60 bits per heavy atom. The number of H-pyrrole nitrogens is 1. The largest absolute Gasteiger partial charge is 0.385 e. The van der Waals surface area contributed by atoms with Gasteiger partial charge in [0.25, 0.3) is 0 Å². The van der Waals surface area contributed by atoms with E-state index in [0.29, 0.717) is 10.6 Å². The van der Waals surface area contributed by atoms with Crippen LogP contribution in [0.15, 0.2) is 0 Å². The summed E-state index contributed by atoms with van der Waals surface area (Å²) in [5.74, 6) is 0.507. The van der Waals surface area contributed by atoms with Crippen molar-refractivity contribution in [3.05, 3.63) is 10.6 Å². The van der Waals surface area contributed by atoms with Crippen LogP contribution in [0.4, 0.5) is 0 Å². The lowest BCUT2D eigenvalue weighted by Gasteiger charge is -1.95. The molecule has 1 unspecified atom stereocenters. The summed E-state index contributed by atoms with van der Waals surface area (Å²) < 4.78 is 2.04. The number of nitrogens with zero attached hydrogens (tertiary/aromatic N) is 2. The molecule has 0 aliphatic carbocycles. The van der Waals surface area contributed by atoms with E-state index < -0.39 is 6.10 Å². The zero-order valence-corrected chi connectivity index (χ0v) is 6.64. The van der Waals surface area contributed by atoms with Gasteiger partial charge in [-0.1, -0.05) is 0 Å². The topological polar surface area (TPSA) is 53.8 Å². The van der Waals surface area contributed by atoms with Crippen molar-refractivity contribution in [2.45, 2.75) is 13.0 Å². The molecule has 0 aliphatic heterocycles. The van der Waals surface area contributed by atoms with E-state index in [0.717, 1.165) is 0 Å². The average molecular weight is 159 g/mol. The quantitative estimate of drug-likeness (QED) is 0.588. The fourth-order valence-electron chi connectivity index (χ4n) is 0.610. The van der Waals surface area contributed by atoms with E-state index >= 15 is 0 Å². The number of aromatic amines is 1. The Balaban J connectivity index is 3.10. The van der Waals surface area contributed by atoms with Crippen LogP contribution in [-0.2, 0) is 7.05 Å². The molecule has 1 aromatic heterocycles. The van der Waals surface area contributed by atoms with Gasteiger partial charge in [0.15, 0.2) is 5.82 Å². The van der Waals surface area contributed by atoms with Crippen LogP contribution in [0.25, 0.3) is 0 Å². The van der Waals surface area contributed by atoms with Crippen LogP contribution in [0.1, 0.15) is 18.9 Å². The lowest BCUT2D eigenvalue weighted by molar-refractivity contribution is 0.188. The molecule has 0 saturated carbocycles. The van der Waals surface area contributed by atoms with Crippen molar-refractivity contribution >= 4 is 12.2 Å². The predicted octanol–water partition coefficient (Wildman–Crippen LogP) is 0.531. The minimum absolute atomic E-state index is 0.455. The monoisotopic (exact) mass is 159 g/mol. The van der Waals surface area contributed by atoms with Gasteiger partial charge in [-0.25, -0.2) is 4.98 Å². The maximum absolute atomic E-state index is 9.01. The third-order valence-electron chi connectivity index (χ3n) is 1.18. The normalized spacial score (nSPS) is 13.5. The fraction of sp³-hybridized carbons (Fsp3) is 0.600. The molecule has 10 heavy (non-hydrogen) atoms. The summed E-state index contributed by atoms with van der Waals surface area (Å²) in [7, 11) is 1.75. The van der Waals surface area contributed by atoms with Gasteiger partial charge >= 0.3 is 0 Å². The highest BCUT2D eigenvalue weighted by atomic mass is 32.1. The molecule has 0 aromatic carbocycles. The van der Waals surface area contributed by atoms with E-state index in [-0.39, 0.29) is 0 Å². The molecule has 0 aliphatic rings. The molecule has 1 rings (SSSR count). The second-order valence-electron chi connectivity index (χ2n) is 2.13. The fourth-order valence-corrected chi connectivity index (χ4v) is 0.754. The molecule has 1 heterocycles. The number of hydrogen-bond acceptors (Lipinski definition) is 3. The molecule has 4 nitrogen and oxygen atoms in total. The van der Waals surface area contributed by atoms with Gasteiger partial charge in [0.2, 0.25) is 4.77 Å². The molecule has 2 N–H and O–H groups in total. The molecule has 5 heteroatoms. The van der Waals surface area contributed by atoms with E-state index in [1.54, 1.807) is 18.7 Å². The molecule has 0 amide bonds. The standard InChI is InChI=1S/C5H9N3OS/c1-3(9)4-6-5(10)8(2)7-4/h3,9H,1-2H3,(H,6,7,10). The van der Waals surface area contributed by atoms with Gasteiger partial charge in [0.1, 0.15) is 6.10 Å². The first-order valence-corrected chi connectivity index (χ1v) is 3.33. The molecule has 56 valence electrons. The lowest BCUT2D eigenvalue weighted by atomic mass is 10.4. The summed E-state index contributed by atoms with van der Waals surface area (Å²) in [4.78, 5) is 3.88. The Morgan fingerprint density at radius 1 is 1.80 bits per heavy atom. The Bertz CT molecular complexity index is 275.